The molecule has 2 fully saturated rings. The van der Waals surface area contributed by atoms with Gasteiger partial charge >= 0.3 is 0 Å². The van der Waals surface area contributed by atoms with Gasteiger partial charge in [-0.2, -0.15) is 0 Å². The first-order valence-corrected chi connectivity index (χ1v) is 7.82. The number of carbonyl (C=O) groups is 1. The standard InChI is InChI=1S/C15H28N2O3/c1-20-11-15(5-7-16-8-6-15)14(19)17-10-12-3-2-4-13(18)9-12/h12-13,16,18H,2-11H2,1H3,(H,17,19). The van der Waals surface area contributed by atoms with Gasteiger partial charge in [-0.3, -0.25) is 4.79 Å². The second-order valence-corrected chi connectivity index (χ2v) is 6.36. The van der Waals surface area contributed by atoms with Gasteiger partial charge in [-0.05, 0) is 51.1 Å². The fourth-order valence-corrected chi connectivity index (χ4v) is 3.49. The number of rotatable bonds is 5. The van der Waals surface area contributed by atoms with Gasteiger partial charge in [-0.15, -0.1) is 0 Å². The van der Waals surface area contributed by atoms with Crippen LogP contribution in [-0.4, -0.2) is 50.5 Å². The average molecular weight is 284 g/mol. The minimum absolute atomic E-state index is 0.126. The Bertz CT molecular complexity index is 311. The van der Waals surface area contributed by atoms with E-state index in [2.05, 4.69) is 10.6 Å². The van der Waals surface area contributed by atoms with Crippen molar-refractivity contribution in [2.75, 3.05) is 33.4 Å². The van der Waals surface area contributed by atoms with Crippen molar-refractivity contribution in [2.24, 2.45) is 11.3 Å². The van der Waals surface area contributed by atoms with Gasteiger partial charge in [0.05, 0.1) is 18.1 Å². The SMILES string of the molecule is COCC1(C(=O)NCC2CCCC(O)C2)CCNCC1. The lowest BCUT2D eigenvalue weighted by molar-refractivity contribution is -0.136. The second kappa shape index (κ2) is 7.38. The van der Waals surface area contributed by atoms with Crippen LogP contribution >= 0.6 is 0 Å². The smallest absolute Gasteiger partial charge is 0.228 e. The number of amides is 1. The van der Waals surface area contributed by atoms with Gasteiger partial charge in [0.15, 0.2) is 0 Å². The Balaban J connectivity index is 1.85. The third kappa shape index (κ3) is 3.93. The molecule has 2 rings (SSSR count). The highest BCUT2D eigenvalue weighted by atomic mass is 16.5. The summed E-state index contributed by atoms with van der Waals surface area (Å²) in [6.07, 6.45) is 5.38. The molecule has 1 aliphatic heterocycles. The van der Waals surface area contributed by atoms with Crippen molar-refractivity contribution in [1.82, 2.24) is 10.6 Å². The Kier molecular flexibility index (Phi) is 5.81. The van der Waals surface area contributed by atoms with Gasteiger partial charge < -0.3 is 20.5 Å². The lowest BCUT2D eigenvalue weighted by Crippen LogP contribution is -2.51. The maximum atomic E-state index is 12.6. The minimum atomic E-state index is -0.368. The predicted octanol–water partition coefficient (Wildman–Crippen LogP) is 0.670. The van der Waals surface area contributed by atoms with Gasteiger partial charge in [-0.25, -0.2) is 0 Å². The van der Waals surface area contributed by atoms with Crippen LogP contribution in [0.25, 0.3) is 0 Å². The lowest BCUT2D eigenvalue weighted by atomic mass is 9.78. The molecule has 0 radical (unpaired) electrons. The zero-order valence-electron chi connectivity index (χ0n) is 12.5. The second-order valence-electron chi connectivity index (χ2n) is 6.36. The summed E-state index contributed by atoms with van der Waals surface area (Å²) in [7, 11) is 1.66. The monoisotopic (exact) mass is 284 g/mol. The molecule has 0 aromatic carbocycles. The first kappa shape index (κ1) is 15.7. The molecule has 1 heterocycles. The number of hydrogen-bond donors (Lipinski definition) is 3. The van der Waals surface area contributed by atoms with Crippen molar-refractivity contribution in [3.05, 3.63) is 0 Å². The molecular weight excluding hydrogens is 256 g/mol. The molecule has 0 aromatic heterocycles. The summed E-state index contributed by atoms with van der Waals surface area (Å²) in [6, 6.07) is 0. The van der Waals surface area contributed by atoms with E-state index in [0.717, 1.165) is 51.6 Å². The normalized spacial score (nSPS) is 29.9. The first-order valence-electron chi connectivity index (χ1n) is 7.82. The van der Waals surface area contributed by atoms with Gasteiger partial charge in [0, 0.05) is 13.7 Å². The summed E-state index contributed by atoms with van der Waals surface area (Å²) in [4.78, 5) is 12.6. The molecule has 116 valence electrons. The Morgan fingerprint density at radius 1 is 1.40 bits per heavy atom. The van der Waals surface area contributed by atoms with Crippen LogP contribution in [0.4, 0.5) is 0 Å². The fourth-order valence-electron chi connectivity index (χ4n) is 3.49. The highest BCUT2D eigenvalue weighted by molar-refractivity contribution is 5.83. The minimum Gasteiger partial charge on any atom is -0.393 e. The van der Waals surface area contributed by atoms with Crippen LogP contribution in [0.1, 0.15) is 38.5 Å². The zero-order chi connectivity index (χ0) is 14.4. The van der Waals surface area contributed by atoms with Gasteiger partial charge in [0.2, 0.25) is 5.91 Å². The Hall–Kier alpha value is -0.650. The van der Waals surface area contributed by atoms with E-state index >= 15 is 0 Å². The van der Waals surface area contributed by atoms with E-state index in [-0.39, 0.29) is 17.4 Å². The van der Waals surface area contributed by atoms with Gasteiger partial charge in [-0.1, -0.05) is 6.42 Å². The molecule has 20 heavy (non-hydrogen) atoms. The van der Waals surface area contributed by atoms with Crippen LogP contribution in [0.3, 0.4) is 0 Å². The molecule has 1 saturated heterocycles. The Morgan fingerprint density at radius 3 is 2.80 bits per heavy atom. The van der Waals surface area contributed by atoms with Crippen LogP contribution in [0.2, 0.25) is 0 Å². The van der Waals surface area contributed by atoms with Crippen LogP contribution in [0.5, 0.6) is 0 Å². The molecule has 0 spiro atoms. The van der Waals surface area contributed by atoms with E-state index in [1.165, 1.54) is 0 Å². The van der Waals surface area contributed by atoms with Crippen LogP contribution in [-0.2, 0) is 9.53 Å². The molecule has 1 amide bonds. The molecule has 2 unspecified atom stereocenters. The molecule has 3 N–H and O–H groups in total. The lowest BCUT2D eigenvalue weighted by Gasteiger charge is -2.36. The molecule has 0 aromatic rings. The van der Waals surface area contributed by atoms with Crippen LogP contribution in [0, 0.1) is 11.3 Å². The number of aliphatic hydroxyl groups excluding tert-OH is 1. The highest BCUT2D eigenvalue weighted by Gasteiger charge is 2.39. The molecule has 2 aliphatic rings. The summed E-state index contributed by atoms with van der Waals surface area (Å²) in [5, 5.41) is 16.1. The third-order valence-corrected chi connectivity index (χ3v) is 4.77. The average Bonchev–Trinajstić information content (AvgIpc) is 2.46. The fraction of sp³-hybridized carbons (Fsp3) is 0.933. The Labute approximate surface area is 121 Å². The van der Waals surface area contributed by atoms with E-state index in [9.17, 15) is 9.90 Å². The molecule has 5 heteroatoms. The first-order chi connectivity index (χ1) is 9.66. The summed E-state index contributed by atoms with van der Waals surface area (Å²) in [6.45, 7) is 2.93. The topological polar surface area (TPSA) is 70.6 Å². The quantitative estimate of drug-likeness (QED) is 0.694. The number of hydrogen-bond acceptors (Lipinski definition) is 4. The van der Waals surface area contributed by atoms with Crippen molar-refractivity contribution in [3.8, 4) is 0 Å². The summed E-state index contributed by atoms with van der Waals surface area (Å²) >= 11 is 0. The van der Waals surface area contributed by atoms with E-state index in [1.54, 1.807) is 7.11 Å². The van der Waals surface area contributed by atoms with Crippen molar-refractivity contribution in [3.63, 3.8) is 0 Å². The van der Waals surface area contributed by atoms with Crippen LogP contribution in [0.15, 0.2) is 0 Å². The Morgan fingerprint density at radius 2 is 2.15 bits per heavy atom. The largest absolute Gasteiger partial charge is 0.393 e. The maximum absolute atomic E-state index is 12.6. The number of ether oxygens (including phenoxy) is 1. The molecule has 0 bridgehead atoms. The number of carbonyl (C=O) groups excluding carboxylic acids is 1. The van der Waals surface area contributed by atoms with E-state index < -0.39 is 0 Å². The van der Waals surface area contributed by atoms with Crippen molar-refractivity contribution in [1.29, 1.82) is 0 Å². The molecular formula is C15H28N2O3. The number of methoxy groups -OCH3 is 1. The highest BCUT2D eigenvalue weighted by Crippen LogP contribution is 2.30. The number of aliphatic hydroxyl groups is 1. The van der Waals surface area contributed by atoms with E-state index in [4.69, 9.17) is 4.74 Å². The summed E-state index contributed by atoms with van der Waals surface area (Å²) in [5.74, 6) is 0.546. The van der Waals surface area contributed by atoms with Gasteiger partial charge in [0.25, 0.3) is 0 Å². The molecule has 1 aliphatic carbocycles. The van der Waals surface area contributed by atoms with E-state index in [0.29, 0.717) is 19.1 Å². The number of piperidine rings is 1. The van der Waals surface area contributed by atoms with Gasteiger partial charge in [0.1, 0.15) is 0 Å². The van der Waals surface area contributed by atoms with Crippen molar-refractivity contribution < 1.29 is 14.6 Å². The van der Waals surface area contributed by atoms with E-state index in [1.807, 2.05) is 0 Å². The van der Waals surface area contributed by atoms with Crippen molar-refractivity contribution in [2.45, 2.75) is 44.6 Å². The van der Waals surface area contributed by atoms with Crippen LogP contribution < -0.4 is 10.6 Å². The third-order valence-electron chi connectivity index (χ3n) is 4.77. The molecule has 1 saturated carbocycles. The zero-order valence-corrected chi connectivity index (χ0v) is 12.5. The molecule has 5 nitrogen and oxygen atoms in total. The maximum Gasteiger partial charge on any atom is 0.228 e. The number of nitrogens with one attached hydrogen (secondary N) is 2. The summed E-state index contributed by atoms with van der Waals surface area (Å²) < 4.78 is 5.29. The summed E-state index contributed by atoms with van der Waals surface area (Å²) in [5.41, 5.74) is -0.368. The van der Waals surface area contributed by atoms with Crippen molar-refractivity contribution >= 4 is 5.91 Å². The molecule has 2 atom stereocenters. The predicted molar refractivity (Wildman–Crippen MR) is 77.4 cm³/mol.